The fourth-order valence-electron chi connectivity index (χ4n) is 4.75. The van der Waals surface area contributed by atoms with E-state index in [-0.39, 0.29) is 35.3 Å². The van der Waals surface area contributed by atoms with Crippen molar-refractivity contribution >= 4 is 37.8 Å². The molecule has 0 bridgehead atoms. The summed E-state index contributed by atoms with van der Waals surface area (Å²) in [5.41, 5.74) is 0.597. The van der Waals surface area contributed by atoms with Gasteiger partial charge >= 0.3 is 0 Å². The van der Waals surface area contributed by atoms with Gasteiger partial charge in [0.1, 0.15) is 0 Å². The summed E-state index contributed by atoms with van der Waals surface area (Å²) in [4.78, 5) is 26.1. The van der Waals surface area contributed by atoms with Crippen LogP contribution in [0.4, 0.5) is 0 Å². The molecular weight excluding hydrogens is 518 g/mol. The molecule has 9 heteroatoms. The van der Waals surface area contributed by atoms with Crippen LogP contribution in [-0.4, -0.2) is 49.7 Å². The maximum Gasteiger partial charge on any atom is 0.251 e. The molecule has 2 aliphatic rings. The molecule has 0 spiro atoms. The van der Waals surface area contributed by atoms with Crippen molar-refractivity contribution in [3.8, 4) is 0 Å². The van der Waals surface area contributed by atoms with Crippen molar-refractivity contribution in [3.05, 3.63) is 64.6 Å². The third kappa shape index (κ3) is 5.87. The largest absolute Gasteiger partial charge is 0.351 e. The third-order valence-corrected chi connectivity index (χ3v) is 9.06. The van der Waals surface area contributed by atoms with Gasteiger partial charge in [-0.2, -0.15) is 4.31 Å². The molecule has 2 aromatic rings. The molecule has 4 rings (SSSR count). The first kappa shape index (κ1) is 24.9. The Balaban J connectivity index is 1.39. The van der Waals surface area contributed by atoms with Crippen LogP contribution in [0, 0.1) is 5.92 Å². The number of carbonyl (C=O) groups excluding carboxylic acids is 2. The lowest BCUT2D eigenvalue weighted by atomic mass is 9.89. The number of benzene rings is 2. The standard InChI is InChI=1S/C25H30BrN3O4S/c26-20-12-14-21(15-13-20)34(32,33)29-16-6-9-19(17-29)25(31)28-23-11-5-4-10-22(23)27-24(30)18-7-2-1-3-8-18/h1-3,7-8,12-15,19,22-23H,4-6,9-11,16-17H2,(H,27,30)(H,28,31)/t19-,22+,23+/m0/s1. The molecule has 2 fully saturated rings. The molecule has 0 unspecified atom stereocenters. The summed E-state index contributed by atoms with van der Waals surface area (Å²) >= 11 is 3.33. The third-order valence-electron chi connectivity index (χ3n) is 6.65. The number of hydrogen-bond acceptors (Lipinski definition) is 4. The van der Waals surface area contributed by atoms with E-state index < -0.39 is 15.9 Å². The summed E-state index contributed by atoms with van der Waals surface area (Å²) in [6, 6.07) is 15.3. The van der Waals surface area contributed by atoms with Gasteiger partial charge in [-0.15, -0.1) is 0 Å². The predicted molar refractivity (Wildman–Crippen MR) is 134 cm³/mol. The van der Waals surface area contributed by atoms with Crippen LogP contribution in [0.3, 0.4) is 0 Å². The molecule has 0 radical (unpaired) electrons. The van der Waals surface area contributed by atoms with E-state index in [1.54, 1.807) is 36.4 Å². The first-order valence-electron chi connectivity index (χ1n) is 11.8. The van der Waals surface area contributed by atoms with Gasteiger partial charge in [-0.1, -0.05) is 47.0 Å². The van der Waals surface area contributed by atoms with Gasteiger partial charge in [-0.05, 0) is 62.1 Å². The second-order valence-electron chi connectivity index (χ2n) is 9.00. The first-order chi connectivity index (χ1) is 16.3. The minimum absolute atomic E-state index is 0.137. The quantitative estimate of drug-likeness (QED) is 0.576. The molecule has 0 aromatic heterocycles. The molecule has 1 saturated heterocycles. The topological polar surface area (TPSA) is 95.6 Å². The Morgan fingerprint density at radius 2 is 1.50 bits per heavy atom. The Labute approximate surface area is 209 Å². The summed E-state index contributed by atoms with van der Waals surface area (Å²) in [6.07, 6.45) is 4.85. The van der Waals surface area contributed by atoms with E-state index in [1.165, 1.54) is 4.31 Å². The summed E-state index contributed by atoms with van der Waals surface area (Å²) < 4.78 is 28.4. The number of nitrogens with one attached hydrogen (secondary N) is 2. The molecule has 182 valence electrons. The number of nitrogens with zero attached hydrogens (tertiary/aromatic N) is 1. The molecule has 1 aliphatic carbocycles. The minimum Gasteiger partial charge on any atom is -0.351 e. The number of piperidine rings is 1. The van der Waals surface area contributed by atoms with E-state index in [0.717, 1.165) is 30.2 Å². The van der Waals surface area contributed by atoms with E-state index in [2.05, 4.69) is 26.6 Å². The number of carbonyl (C=O) groups is 2. The van der Waals surface area contributed by atoms with Crippen LogP contribution in [-0.2, 0) is 14.8 Å². The van der Waals surface area contributed by atoms with E-state index in [1.807, 2.05) is 18.2 Å². The van der Waals surface area contributed by atoms with Crippen molar-refractivity contribution in [3.63, 3.8) is 0 Å². The van der Waals surface area contributed by atoms with Gasteiger partial charge in [0, 0.05) is 35.2 Å². The summed E-state index contributed by atoms with van der Waals surface area (Å²) in [7, 11) is -3.66. The SMILES string of the molecule is O=C(N[C@@H]1CCCC[C@H]1NC(=O)[C@H]1CCCN(S(=O)(=O)c2ccc(Br)cc2)C1)c1ccccc1. The van der Waals surface area contributed by atoms with Gasteiger partial charge in [-0.3, -0.25) is 9.59 Å². The van der Waals surface area contributed by atoms with Gasteiger partial charge in [-0.25, -0.2) is 8.42 Å². The van der Waals surface area contributed by atoms with Gasteiger partial charge in [0.15, 0.2) is 0 Å². The smallest absolute Gasteiger partial charge is 0.251 e. The molecule has 2 aromatic carbocycles. The molecule has 7 nitrogen and oxygen atoms in total. The number of rotatable bonds is 6. The molecule has 1 aliphatic heterocycles. The maximum absolute atomic E-state index is 13.2. The monoisotopic (exact) mass is 547 g/mol. The van der Waals surface area contributed by atoms with Crippen LogP contribution in [0.2, 0.25) is 0 Å². The van der Waals surface area contributed by atoms with Gasteiger partial charge in [0.05, 0.1) is 10.8 Å². The lowest BCUT2D eigenvalue weighted by molar-refractivity contribution is -0.127. The van der Waals surface area contributed by atoms with E-state index in [9.17, 15) is 18.0 Å². The first-order valence-corrected chi connectivity index (χ1v) is 14.0. The Kier molecular flexibility index (Phi) is 8.06. The van der Waals surface area contributed by atoms with Gasteiger partial charge in [0.25, 0.3) is 5.91 Å². The zero-order valence-electron chi connectivity index (χ0n) is 19.0. The Morgan fingerprint density at radius 3 is 2.18 bits per heavy atom. The molecule has 1 saturated carbocycles. The zero-order valence-corrected chi connectivity index (χ0v) is 21.4. The van der Waals surface area contributed by atoms with Crippen molar-refractivity contribution in [2.24, 2.45) is 5.92 Å². The van der Waals surface area contributed by atoms with Crippen LogP contribution in [0.25, 0.3) is 0 Å². The van der Waals surface area contributed by atoms with Gasteiger partial charge < -0.3 is 10.6 Å². The Hall–Kier alpha value is -2.23. The minimum atomic E-state index is -3.66. The molecule has 1 heterocycles. The summed E-state index contributed by atoms with van der Waals surface area (Å²) in [6.45, 7) is 0.569. The number of halogens is 1. The molecule has 2 N–H and O–H groups in total. The second kappa shape index (κ2) is 11.0. The number of hydrogen-bond donors (Lipinski definition) is 2. The van der Waals surface area contributed by atoms with Crippen LogP contribution in [0.5, 0.6) is 0 Å². The van der Waals surface area contributed by atoms with E-state index in [4.69, 9.17) is 0 Å². The fraction of sp³-hybridized carbons (Fsp3) is 0.440. The fourth-order valence-corrected chi connectivity index (χ4v) is 6.54. The van der Waals surface area contributed by atoms with Crippen LogP contribution in [0.1, 0.15) is 48.9 Å². The molecule has 3 atom stereocenters. The van der Waals surface area contributed by atoms with Gasteiger partial charge in [0.2, 0.25) is 15.9 Å². The molecular formula is C25H30BrN3O4S. The highest BCUT2D eigenvalue weighted by Crippen LogP contribution is 2.26. The normalized spacial score (nSPS) is 23.7. The lowest BCUT2D eigenvalue weighted by Gasteiger charge is -2.36. The maximum atomic E-state index is 13.2. The second-order valence-corrected chi connectivity index (χ2v) is 11.9. The van der Waals surface area contributed by atoms with Crippen LogP contribution < -0.4 is 10.6 Å². The van der Waals surface area contributed by atoms with Crippen molar-refractivity contribution in [2.75, 3.05) is 13.1 Å². The average molecular weight is 549 g/mol. The summed E-state index contributed by atoms with van der Waals surface area (Å²) in [5.74, 6) is -0.691. The van der Waals surface area contributed by atoms with Crippen LogP contribution in [0.15, 0.2) is 64.0 Å². The number of amides is 2. The lowest BCUT2D eigenvalue weighted by Crippen LogP contribution is -2.55. The molecule has 2 amide bonds. The van der Waals surface area contributed by atoms with Crippen molar-refractivity contribution in [1.82, 2.24) is 14.9 Å². The highest BCUT2D eigenvalue weighted by atomic mass is 79.9. The zero-order chi connectivity index (χ0) is 24.1. The van der Waals surface area contributed by atoms with Crippen molar-refractivity contribution in [2.45, 2.75) is 55.5 Å². The Morgan fingerprint density at radius 1 is 0.853 bits per heavy atom. The average Bonchev–Trinajstić information content (AvgIpc) is 2.86. The van der Waals surface area contributed by atoms with Crippen molar-refractivity contribution < 1.29 is 18.0 Å². The Bertz CT molecular complexity index is 1110. The van der Waals surface area contributed by atoms with E-state index in [0.29, 0.717) is 24.9 Å². The highest BCUT2D eigenvalue weighted by Gasteiger charge is 2.35. The number of sulfonamides is 1. The predicted octanol–water partition coefficient (Wildman–Crippen LogP) is 3.71. The molecule has 34 heavy (non-hydrogen) atoms. The van der Waals surface area contributed by atoms with E-state index >= 15 is 0 Å². The summed E-state index contributed by atoms with van der Waals surface area (Å²) in [5, 5.41) is 6.22. The van der Waals surface area contributed by atoms with Crippen molar-refractivity contribution in [1.29, 1.82) is 0 Å². The van der Waals surface area contributed by atoms with Crippen LogP contribution >= 0.6 is 15.9 Å². The highest BCUT2D eigenvalue weighted by molar-refractivity contribution is 9.10.